The second kappa shape index (κ2) is 3.64. The van der Waals surface area contributed by atoms with Gasteiger partial charge in [-0.25, -0.2) is 0 Å². The van der Waals surface area contributed by atoms with Crippen molar-refractivity contribution in [1.29, 1.82) is 0 Å². The molecule has 0 spiro atoms. The topological polar surface area (TPSA) is 30.5 Å². The molecular weight excluding hydrogens is 270 g/mol. The highest BCUT2D eigenvalue weighted by Gasteiger charge is 2.35. The first-order valence-electron chi connectivity index (χ1n) is 5.54. The molecule has 3 rings (SSSR count). The van der Waals surface area contributed by atoms with Crippen LogP contribution < -0.4 is 14.8 Å². The predicted octanol–water partition coefficient (Wildman–Crippen LogP) is 2.78. The molecule has 0 aromatic heterocycles. The van der Waals surface area contributed by atoms with Crippen molar-refractivity contribution >= 4 is 15.9 Å². The lowest BCUT2D eigenvalue weighted by Gasteiger charge is -2.26. The molecule has 86 valence electrons. The summed E-state index contributed by atoms with van der Waals surface area (Å²) in [6, 6.07) is 4.09. The maximum Gasteiger partial charge on any atom is 0.231 e. The van der Waals surface area contributed by atoms with Crippen molar-refractivity contribution in [2.24, 2.45) is 0 Å². The molecule has 0 bridgehead atoms. The van der Waals surface area contributed by atoms with E-state index in [-0.39, 0.29) is 5.54 Å². The molecule has 2 aliphatic heterocycles. The number of ether oxygens (including phenoxy) is 2. The number of fused-ring (bicyclic) bond motifs is 1. The molecule has 1 N–H and O–H groups in total. The Balaban J connectivity index is 2.13. The Morgan fingerprint density at radius 2 is 2.25 bits per heavy atom. The van der Waals surface area contributed by atoms with E-state index in [0.717, 1.165) is 28.9 Å². The molecular formula is C12H14BrNO2. The van der Waals surface area contributed by atoms with Gasteiger partial charge in [-0.3, -0.25) is 0 Å². The molecule has 2 aliphatic rings. The van der Waals surface area contributed by atoms with Crippen LogP contribution in [0.3, 0.4) is 0 Å². The van der Waals surface area contributed by atoms with Crippen LogP contribution in [0.25, 0.3) is 0 Å². The highest BCUT2D eigenvalue weighted by Crippen LogP contribution is 2.45. The van der Waals surface area contributed by atoms with Crippen LogP contribution in [0.1, 0.15) is 25.3 Å². The summed E-state index contributed by atoms with van der Waals surface area (Å²) in [5.74, 6) is 1.75. The zero-order chi connectivity index (χ0) is 11.2. The standard InChI is InChI=1S/C12H14BrNO2/c1-12(3-2-4-14-12)9-5-8(13)6-10-11(9)16-7-15-10/h5-6,14H,2-4,7H2,1H3. The summed E-state index contributed by atoms with van der Waals surface area (Å²) in [4.78, 5) is 0. The fourth-order valence-electron chi connectivity index (χ4n) is 2.51. The van der Waals surface area contributed by atoms with Gasteiger partial charge in [0.2, 0.25) is 6.79 Å². The van der Waals surface area contributed by atoms with Gasteiger partial charge < -0.3 is 14.8 Å². The minimum absolute atomic E-state index is 0.0154. The van der Waals surface area contributed by atoms with Gasteiger partial charge in [0.1, 0.15) is 0 Å². The Kier molecular flexibility index (Phi) is 2.37. The largest absolute Gasteiger partial charge is 0.454 e. The highest BCUT2D eigenvalue weighted by molar-refractivity contribution is 9.10. The van der Waals surface area contributed by atoms with Gasteiger partial charge in [-0.2, -0.15) is 0 Å². The van der Waals surface area contributed by atoms with Gasteiger partial charge >= 0.3 is 0 Å². The van der Waals surface area contributed by atoms with Gasteiger partial charge in [-0.15, -0.1) is 0 Å². The summed E-state index contributed by atoms with van der Waals surface area (Å²) in [5, 5.41) is 3.55. The van der Waals surface area contributed by atoms with Gasteiger partial charge in [0, 0.05) is 15.6 Å². The molecule has 3 nitrogen and oxygen atoms in total. The second-order valence-electron chi connectivity index (χ2n) is 4.55. The van der Waals surface area contributed by atoms with Gasteiger partial charge in [-0.05, 0) is 38.4 Å². The molecule has 2 heterocycles. The van der Waals surface area contributed by atoms with Crippen LogP contribution in [0.5, 0.6) is 11.5 Å². The maximum absolute atomic E-state index is 5.58. The van der Waals surface area contributed by atoms with Crippen LogP contribution in [0, 0.1) is 0 Å². The van der Waals surface area contributed by atoms with E-state index in [2.05, 4.69) is 34.2 Å². The zero-order valence-corrected chi connectivity index (χ0v) is 10.8. The smallest absolute Gasteiger partial charge is 0.231 e. The fourth-order valence-corrected chi connectivity index (χ4v) is 2.95. The molecule has 0 amide bonds. The molecule has 0 aliphatic carbocycles. The fraction of sp³-hybridized carbons (Fsp3) is 0.500. The number of nitrogens with one attached hydrogen (secondary N) is 1. The lowest BCUT2D eigenvalue weighted by molar-refractivity contribution is 0.172. The number of rotatable bonds is 1. The molecule has 16 heavy (non-hydrogen) atoms. The summed E-state index contributed by atoms with van der Waals surface area (Å²) < 4.78 is 12.1. The van der Waals surface area contributed by atoms with Crippen LogP contribution in [-0.4, -0.2) is 13.3 Å². The summed E-state index contributed by atoms with van der Waals surface area (Å²) in [6.07, 6.45) is 2.35. The highest BCUT2D eigenvalue weighted by atomic mass is 79.9. The molecule has 1 unspecified atom stereocenters. The van der Waals surface area contributed by atoms with Crippen molar-refractivity contribution in [1.82, 2.24) is 5.32 Å². The number of halogens is 1. The quantitative estimate of drug-likeness (QED) is 0.860. The average Bonchev–Trinajstić information content (AvgIpc) is 2.85. The molecule has 1 atom stereocenters. The van der Waals surface area contributed by atoms with Gasteiger partial charge in [0.25, 0.3) is 0 Å². The van der Waals surface area contributed by atoms with Gasteiger partial charge in [0.15, 0.2) is 11.5 Å². The van der Waals surface area contributed by atoms with E-state index in [4.69, 9.17) is 9.47 Å². The number of hydrogen-bond acceptors (Lipinski definition) is 3. The third-order valence-corrected chi connectivity index (χ3v) is 3.86. The van der Waals surface area contributed by atoms with Crippen molar-refractivity contribution in [3.8, 4) is 11.5 Å². The summed E-state index contributed by atoms with van der Waals surface area (Å²) in [7, 11) is 0. The van der Waals surface area contributed by atoms with E-state index < -0.39 is 0 Å². The summed E-state index contributed by atoms with van der Waals surface area (Å²) >= 11 is 3.52. The molecule has 0 saturated carbocycles. The van der Waals surface area contributed by atoms with Crippen molar-refractivity contribution in [3.63, 3.8) is 0 Å². The monoisotopic (exact) mass is 283 g/mol. The molecule has 1 aromatic rings. The Hall–Kier alpha value is -0.740. The van der Waals surface area contributed by atoms with Crippen molar-refractivity contribution in [3.05, 3.63) is 22.2 Å². The summed E-state index contributed by atoms with van der Waals surface area (Å²) in [6.45, 7) is 3.62. The van der Waals surface area contributed by atoms with Crippen LogP contribution in [-0.2, 0) is 5.54 Å². The third kappa shape index (κ3) is 1.52. The molecule has 1 aromatic carbocycles. The minimum atomic E-state index is 0.0154. The SMILES string of the molecule is CC1(c2cc(Br)cc3c2OCO3)CCCN1. The van der Waals surface area contributed by atoms with Crippen LogP contribution >= 0.6 is 15.9 Å². The minimum Gasteiger partial charge on any atom is -0.454 e. The predicted molar refractivity (Wildman–Crippen MR) is 64.9 cm³/mol. The Labute approximate surface area is 103 Å². The average molecular weight is 284 g/mol. The van der Waals surface area contributed by atoms with Crippen molar-refractivity contribution < 1.29 is 9.47 Å². The van der Waals surface area contributed by atoms with E-state index in [9.17, 15) is 0 Å². The molecule has 4 heteroatoms. The lowest BCUT2D eigenvalue weighted by atomic mass is 9.89. The molecule has 1 fully saturated rings. The van der Waals surface area contributed by atoms with E-state index in [0.29, 0.717) is 6.79 Å². The van der Waals surface area contributed by atoms with E-state index in [1.165, 1.54) is 12.0 Å². The number of benzene rings is 1. The first-order valence-corrected chi connectivity index (χ1v) is 6.33. The van der Waals surface area contributed by atoms with Crippen LogP contribution in [0.15, 0.2) is 16.6 Å². The number of hydrogen-bond donors (Lipinski definition) is 1. The molecule has 1 saturated heterocycles. The third-order valence-electron chi connectivity index (χ3n) is 3.40. The second-order valence-corrected chi connectivity index (χ2v) is 5.47. The summed E-state index contributed by atoms with van der Waals surface area (Å²) in [5.41, 5.74) is 1.22. The first kappa shape index (κ1) is 10.4. The molecule has 0 radical (unpaired) electrons. The van der Waals surface area contributed by atoms with Crippen LogP contribution in [0.4, 0.5) is 0 Å². The zero-order valence-electron chi connectivity index (χ0n) is 9.18. The van der Waals surface area contributed by atoms with Crippen molar-refractivity contribution in [2.45, 2.75) is 25.3 Å². The Bertz CT molecular complexity index is 427. The van der Waals surface area contributed by atoms with E-state index in [1.807, 2.05) is 6.07 Å². The first-order chi connectivity index (χ1) is 7.69. The lowest BCUT2D eigenvalue weighted by Crippen LogP contribution is -2.33. The van der Waals surface area contributed by atoms with E-state index in [1.54, 1.807) is 0 Å². The van der Waals surface area contributed by atoms with Gasteiger partial charge in [-0.1, -0.05) is 15.9 Å². The van der Waals surface area contributed by atoms with Crippen molar-refractivity contribution in [2.75, 3.05) is 13.3 Å². The van der Waals surface area contributed by atoms with Crippen LogP contribution in [0.2, 0.25) is 0 Å². The Morgan fingerprint density at radius 1 is 1.38 bits per heavy atom. The van der Waals surface area contributed by atoms with Gasteiger partial charge in [0.05, 0.1) is 0 Å². The van der Waals surface area contributed by atoms with E-state index >= 15 is 0 Å². The normalized spacial score (nSPS) is 27.4. The maximum atomic E-state index is 5.58. The Morgan fingerprint density at radius 3 is 3.00 bits per heavy atom.